The highest BCUT2D eigenvalue weighted by Gasteiger charge is 2.25. The highest BCUT2D eigenvalue weighted by molar-refractivity contribution is 7.89. The van der Waals surface area contributed by atoms with Gasteiger partial charge in [0.1, 0.15) is 0 Å². The summed E-state index contributed by atoms with van der Waals surface area (Å²) in [5.74, 6) is -0.181. The minimum atomic E-state index is -3.82. The van der Waals surface area contributed by atoms with E-state index in [1.165, 1.54) is 12.1 Å². The molecule has 0 radical (unpaired) electrons. The van der Waals surface area contributed by atoms with Crippen LogP contribution in [0.25, 0.3) is 0 Å². The maximum Gasteiger partial charge on any atom is 0.254 e. The van der Waals surface area contributed by atoms with Crippen LogP contribution in [0.3, 0.4) is 0 Å². The normalized spacial score (nSPS) is 19.6. The van der Waals surface area contributed by atoms with Crippen LogP contribution in [0.15, 0.2) is 23.1 Å². The molecule has 1 saturated heterocycles. The van der Waals surface area contributed by atoms with Crippen LogP contribution in [-0.2, 0) is 14.8 Å². The number of morpholine rings is 1. The number of benzene rings is 1. The van der Waals surface area contributed by atoms with Gasteiger partial charge in [-0.15, -0.1) is 0 Å². The Labute approximate surface area is 124 Å². The van der Waals surface area contributed by atoms with Gasteiger partial charge >= 0.3 is 0 Å². The smallest absolute Gasteiger partial charge is 0.254 e. The summed E-state index contributed by atoms with van der Waals surface area (Å²) in [7, 11) is -3.82. The first kappa shape index (κ1) is 15.9. The van der Waals surface area contributed by atoms with Crippen LogP contribution in [0.5, 0.6) is 0 Å². The van der Waals surface area contributed by atoms with Gasteiger partial charge < -0.3 is 9.64 Å². The second-order valence-electron chi connectivity index (χ2n) is 5.17. The summed E-state index contributed by atoms with van der Waals surface area (Å²) in [5, 5.41) is 5.13. The van der Waals surface area contributed by atoms with Gasteiger partial charge in [0.25, 0.3) is 5.91 Å². The lowest BCUT2D eigenvalue weighted by atomic mass is 10.1. The lowest BCUT2D eigenvalue weighted by Crippen LogP contribution is -2.45. The number of hydrogen-bond donors (Lipinski definition) is 1. The quantitative estimate of drug-likeness (QED) is 0.897. The van der Waals surface area contributed by atoms with Crippen LogP contribution in [0.4, 0.5) is 0 Å². The maximum absolute atomic E-state index is 12.6. The van der Waals surface area contributed by atoms with Gasteiger partial charge in [-0.1, -0.05) is 13.0 Å². The molecular weight excluding hydrogens is 292 g/mol. The average molecular weight is 312 g/mol. The molecule has 1 aliphatic rings. The Kier molecular flexibility index (Phi) is 4.65. The Morgan fingerprint density at radius 3 is 2.81 bits per heavy atom. The first-order valence-corrected chi connectivity index (χ1v) is 8.42. The van der Waals surface area contributed by atoms with Crippen molar-refractivity contribution in [3.63, 3.8) is 0 Å². The maximum atomic E-state index is 12.6. The third-order valence-corrected chi connectivity index (χ3v) is 4.56. The van der Waals surface area contributed by atoms with Crippen LogP contribution in [0.2, 0.25) is 0 Å². The summed E-state index contributed by atoms with van der Waals surface area (Å²) in [6.07, 6.45) is 0.865. The van der Waals surface area contributed by atoms with Crippen molar-refractivity contribution < 1.29 is 17.9 Å². The fourth-order valence-corrected chi connectivity index (χ4v) is 2.87. The molecule has 1 heterocycles. The summed E-state index contributed by atoms with van der Waals surface area (Å²) in [6.45, 7) is 5.31. The topological polar surface area (TPSA) is 89.7 Å². The molecule has 6 nitrogen and oxygen atoms in total. The predicted octanol–water partition coefficient (Wildman–Crippen LogP) is 0.893. The number of hydrogen-bond acceptors (Lipinski definition) is 4. The lowest BCUT2D eigenvalue weighted by Gasteiger charge is -2.33. The number of nitrogens with zero attached hydrogens (tertiary/aromatic N) is 1. The summed E-state index contributed by atoms with van der Waals surface area (Å²) >= 11 is 0. The number of nitrogens with two attached hydrogens (primary N) is 1. The SMILES string of the molecule is CCC1CN(C(=O)c2cc(S(N)(=O)=O)ccc2C)CCO1. The number of carbonyl (C=O) groups excluding carboxylic acids is 1. The molecule has 116 valence electrons. The Morgan fingerprint density at radius 1 is 1.48 bits per heavy atom. The Hall–Kier alpha value is -1.44. The van der Waals surface area contributed by atoms with Crippen LogP contribution in [-0.4, -0.2) is 45.0 Å². The number of amides is 1. The number of sulfonamides is 1. The van der Waals surface area contributed by atoms with E-state index in [-0.39, 0.29) is 16.9 Å². The average Bonchev–Trinajstić information content (AvgIpc) is 2.46. The molecule has 1 aliphatic heterocycles. The first-order valence-electron chi connectivity index (χ1n) is 6.87. The monoisotopic (exact) mass is 312 g/mol. The van der Waals surface area contributed by atoms with E-state index in [9.17, 15) is 13.2 Å². The summed E-state index contributed by atoms with van der Waals surface area (Å²) < 4.78 is 28.4. The molecule has 1 amide bonds. The molecule has 2 N–H and O–H groups in total. The largest absolute Gasteiger partial charge is 0.375 e. The first-order chi connectivity index (χ1) is 9.82. The zero-order valence-corrected chi connectivity index (χ0v) is 13.0. The van der Waals surface area contributed by atoms with Gasteiger partial charge in [0.2, 0.25) is 10.0 Å². The van der Waals surface area contributed by atoms with Crippen molar-refractivity contribution in [1.29, 1.82) is 0 Å². The van der Waals surface area contributed by atoms with Crippen LogP contribution < -0.4 is 5.14 Å². The summed E-state index contributed by atoms with van der Waals surface area (Å²) in [6, 6.07) is 4.36. The van der Waals surface area contributed by atoms with E-state index in [0.717, 1.165) is 12.0 Å². The van der Waals surface area contributed by atoms with Crippen molar-refractivity contribution in [2.45, 2.75) is 31.3 Å². The van der Waals surface area contributed by atoms with Crippen LogP contribution >= 0.6 is 0 Å². The molecule has 1 fully saturated rings. The van der Waals surface area contributed by atoms with Gasteiger partial charge in [-0.2, -0.15) is 0 Å². The van der Waals surface area contributed by atoms with Crippen molar-refractivity contribution in [1.82, 2.24) is 4.90 Å². The lowest BCUT2D eigenvalue weighted by molar-refractivity contribution is -0.0226. The third-order valence-electron chi connectivity index (χ3n) is 3.65. The third kappa shape index (κ3) is 3.61. The van der Waals surface area contributed by atoms with E-state index in [4.69, 9.17) is 9.88 Å². The van der Waals surface area contributed by atoms with Crippen molar-refractivity contribution in [3.8, 4) is 0 Å². The molecule has 1 aromatic rings. The van der Waals surface area contributed by atoms with E-state index < -0.39 is 10.0 Å². The molecular formula is C14H20N2O4S. The van der Waals surface area contributed by atoms with Gasteiger partial charge in [0.15, 0.2) is 0 Å². The van der Waals surface area contributed by atoms with Gasteiger partial charge in [-0.25, -0.2) is 13.6 Å². The number of aryl methyl sites for hydroxylation is 1. The van der Waals surface area contributed by atoms with Crippen molar-refractivity contribution >= 4 is 15.9 Å². The van der Waals surface area contributed by atoms with Crippen LogP contribution in [0.1, 0.15) is 29.3 Å². The molecule has 0 bridgehead atoms. The zero-order chi connectivity index (χ0) is 15.6. The number of rotatable bonds is 3. The Morgan fingerprint density at radius 2 is 2.19 bits per heavy atom. The molecule has 7 heteroatoms. The number of primary sulfonamides is 1. The highest BCUT2D eigenvalue weighted by Crippen LogP contribution is 2.18. The van der Waals surface area contributed by atoms with E-state index in [1.807, 2.05) is 6.92 Å². The summed E-state index contributed by atoms with van der Waals surface area (Å²) in [4.78, 5) is 14.3. The van der Waals surface area contributed by atoms with Crippen LogP contribution in [0, 0.1) is 6.92 Å². The van der Waals surface area contributed by atoms with E-state index >= 15 is 0 Å². The van der Waals surface area contributed by atoms with Gasteiger partial charge in [0.05, 0.1) is 17.6 Å². The molecule has 1 aromatic carbocycles. The van der Waals surface area contributed by atoms with Crippen molar-refractivity contribution in [2.24, 2.45) is 5.14 Å². The van der Waals surface area contributed by atoms with E-state index in [1.54, 1.807) is 17.9 Å². The number of carbonyl (C=O) groups is 1. The molecule has 0 aromatic heterocycles. The van der Waals surface area contributed by atoms with Crippen molar-refractivity contribution in [3.05, 3.63) is 29.3 Å². The Bertz CT molecular complexity index is 642. The predicted molar refractivity (Wildman–Crippen MR) is 78.5 cm³/mol. The fourth-order valence-electron chi connectivity index (χ4n) is 2.33. The second kappa shape index (κ2) is 6.13. The minimum absolute atomic E-state index is 0.0319. The highest BCUT2D eigenvalue weighted by atomic mass is 32.2. The molecule has 0 aliphatic carbocycles. The molecule has 2 rings (SSSR count). The van der Waals surface area contributed by atoms with Gasteiger partial charge in [-0.05, 0) is 31.0 Å². The zero-order valence-electron chi connectivity index (χ0n) is 12.2. The van der Waals surface area contributed by atoms with Gasteiger partial charge in [-0.3, -0.25) is 4.79 Å². The second-order valence-corrected chi connectivity index (χ2v) is 6.74. The van der Waals surface area contributed by atoms with E-state index in [2.05, 4.69) is 0 Å². The standard InChI is InChI=1S/C14H20N2O4S/c1-3-11-9-16(6-7-20-11)14(17)13-8-12(21(15,18)19)5-4-10(13)2/h4-5,8,11H,3,6-7,9H2,1-2H3,(H2,15,18,19). The molecule has 0 saturated carbocycles. The summed E-state index contributed by atoms with van der Waals surface area (Å²) in [5.41, 5.74) is 1.10. The molecule has 1 atom stereocenters. The molecule has 21 heavy (non-hydrogen) atoms. The fraction of sp³-hybridized carbons (Fsp3) is 0.500. The number of ether oxygens (including phenoxy) is 1. The minimum Gasteiger partial charge on any atom is -0.375 e. The van der Waals surface area contributed by atoms with Gasteiger partial charge in [0, 0.05) is 18.7 Å². The molecule has 0 spiro atoms. The van der Waals surface area contributed by atoms with Crippen molar-refractivity contribution in [2.75, 3.05) is 19.7 Å². The Balaban J connectivity index is 2.30. The van der Waals surface area contributed by atoms with E-state index in [0.29, 0.717) is 25.3 Å². The molecule has 1 unspecified atom stereocenters.